The van der Waals surface area contributed by atoms with Gasteiger partial charge >= 0.3 is 0 Å². The number of hydrogen-bond acceptors (Lipinski definition) is 1. The van der Waals surface area contributed by atoms with Crippen LogP contribution in [0.3, 0.4) is 0 Å². The van der Waals surface area contributed by atoms with Crippen molar-refractivity contribution >= 4 is 27.8 Å². The molecule has 0 aromatic heterocycles. The summed E-state index contributed by atoms with van der Waals surface area (Å²) in [6.07, 6.45) is 0. The van der Waals surface area contributed by atoms with Crippen LogP contribution in [0.5, 0.6) is 0 Å². The second kappa shape index (κ2) is 12.3. The minimum absolute atomic E-state index is 0.142. The standard InChI is InChI=1S/C65H45N/c1-63(2)51-21-10-7-17-43(51)46-32-30-42(35-57(46)63)66-59-26-14-25-55-62(59)61-48(20-13-24-54(61)65(55)52-22-11-8-18-44(52)45-19-9-12-23-53(45)65)50-36-49-47-31-29-41(34-56(47)64(3,4)58(49)37-60(50)66)40-28-27-38-15-5-6-16-39(38)33-40/h5-37H,1-4H3. The van der Waals surface area contributed by atoms with Crippen molar-refractivity contribution in [1.29, 1.82) is 0 Å². The van der Waals surface area contributed by atoms with Crippen LogP contribution in [0.2, 0.25) is 0 Å². The molecule has 1 aliphatic heterocycles. The van der Waals surface area contributed by atoms with Gasteiger partial charge in [-0.25, -0.2) is 0 Å². The Balaban J connectivity index is 1.02. The maximum Gasteiger partial charge on any atom is 0.0726 e. The normalized spacial score (nSPS) is 15.9. The van der Waals surface area contributed by atoms with Crippen LogP contribution in [0, 0.1) is 0 Å². The topological polar surface area (TPSA) is 3.24 Å². The van der Waals surface area contributed by atoms with E-state index in [1.165, 1.54) is 139 Å². The largest absolute Gasteiger partial charge is 0.309 e. The fourth-order valence-corrected chi connectivity index (χ4v) is 13.6. The molecule has 0 saturated carbocycles. The fourth-order valence-electron chi connectivity index (χ4n) is 13.6. The highest BCUT2D eigenvalue weighted by Gasteiger charge is 2.54. The Hall–Kier alpha value is -7.74. The molecule has 4 aliphatic carbocycles. The van der Waals surface area contributed by atoms with Gasteiger partial charge in [0.15, 0.2) is 0 Å². The van der Waals surface area contributed by atoms with E-state index in [4.69, 9.17) is 0 Å². The predicted molar refractivity (Wildman–Crippen MR) is 274 cm³/mol. The number of nitrogens with zero attached hydrogens (tertiary/aromatic N) is 1. The molecule has 1 nitrogen and oxygen atoms in total. The molecule has 10 aromatic carbocycles. The summed E-state index contributed by atoms with van der Waals surface area (Å²) in [6, 6.07) is 76.9. The Morgan fingerprint density at radius 2 is 0.803 bits per heavy atom. The van der Waals surface area contributed by atoms with Gasteiger partial charge < -0.3 is 4.90 Å². The minimum Gasteiger partial charge on any atom is -0.309 e. The molecule has 0 atom stereocenters. The molecule has 10 aromatic rings. The van der Waals surface area contributed by atoms with Gasteiger partial charge in [-0.15, -0.1) is 0 Å². The highest BCUT2D eigenvalue weighted by atomic mass is 15.2. The number of hydrogen-bond donors (Lipinski definition) is 0. The molecule has 66 heavy (non-hydrogen) atoms. The van der Waals surface area contributed by atoms with Crippen LogP contribution >= 0.6 is 0 Å². The molecule has 0 fully saturated rings. The Morgan fingerprint density at radius 1 is 0.288 bits per heavy atom. The highest BCUT2D eigenvalue weighted by molar-refractivity contribution is 6.11. The van der Waals surface area contributed by atoms with Gasteiger partial charge in [-0.3, -0.25) is 0 Å². The molecular weight excluding hydrogens is 795 g/mol. The summed E-state index contributed by atoms with van der Waals surface area (Å²) in [4.78, 5) is 2.64. The summed E-state index contributed by atoms with van der Waals surface area (Å²) in [5, 5.41) is 2.54. The maximum absolute atomic E-state index is 2.64. The van der Waals surface area contributed by atoms with Gasteiger partial charge in [0.25, 0.3) is 0 Å². The second-order valence-electron chi connectivity index (χ2n) is 20.4. The Bertz CT molecular complexity index is 3790. The molecule has 1 spiro atoms. The average Bonchev–Trinajstić information content (AvgIpc) is 3.95. The lowest BCUT2D eigenvalue weighted by Gasteiger charge is -2.33. The molecule has 0 unspecified atom stereocenters. The first kappa shape index (κ1) is 36.6. The third-order valence-electron chi connectivity index (χ3n) is 16.6. The SMILES string of the molecule is CC1(C)c2ccccc2-c2ccc(N3c4cc5c(cc4-c4cccc6c4-c4c3cccc4C63c4ccccc4-c4ccccc43)-c3ccc(-c4ccc6ccccc6c4)cc3C5(C)C)cc21. The van der Waals surface area contributed by atoms with Gasteiger partial charge in [0.05, 0.1) is 16.8 Å². The van der Waals surface area contributed by atoms with Gasteiger partial charge in [0.2, 0.25) is 0 Å². The molecule has 0 radical (unpaired) electrons. The van der Waals surface area contributed by atoms with Crippen LogP contribution in [-0.2, 0) is 16.2 Å². The lowest BCUT2D eigenvalue weighted by molar-refractivity contribution is 0.660. The summed E-state index contributed by atoms with van der Waals surface area (Å²) in [6.45, 7) is 9.67. The van der Waals surface area contributed by atoms with Crippen molar-refractivity contribution in [1.82, 2.24) is 0 Å². The Kier molecular flexibility index (Phi) is 6.83. The van der Waals surface area contributed by atoms with Gasteiger partial charge in [0, 0.05) is 27.6 Å². The van der Waals surface area contributed by atoms with E-state index in [-0.39, 0.29) is 10.8 Å². The van der Waals surface area contributed by atoms with Crippen molar-refractivity contribution in [3.05, 3.63) is 245 Å². The van der Waals surface area contributed by atoms with Gasteiger partial charge in [-0.05, 0) is 153 Å². The van der Waals surface area contributed by atoms with E-state index in [0.29, 0.717) is 0 Å². The summed E-state index contributed by atoms with van der Waals surface area (Å²) < 4.78 is 0. The van der Waals surface area contributed by atoms with Crippen molar-refractivity contribution < 1.29 is 0 Å². The van der Waals surface area contributed by atoms with Gasteiger partial charge in [-0.2, -0.15) is 0 Å². The maximum atomic E-state index is 2.64. The monoisotopic (exact) mass is 839 g/mol. The van der Waals surface area contributed by atoms with Gasteiger partial charge in [0.1, 0.15) is 0 Å². The number of rotatable bonds is 2. The zero-order chi connectivity index (χ0) is 43.8. The zero-order valence-electron chi connectivity index (χ0n) is 37.5. The van der Waals surface area contributed by atoms with Crippen molar-refractivity contribution in [2.45, 2.75) is 43.9 Å². The van der Waals surface area contributed by atoms with E-state index < -0.39 is 5.41 Å². The van der Waals surface area contributed by atoms with E-state index in [0.717, 1.165) is 0 Å². The lowest BCUT2D eigenvalue weighted by atomic mass is 9.70. The number of anilines is 3. The third kappa shape index (κ3) is 4.33. The second-order valence-corrected chi connectivity index (χ2v) is 20.4. The molecule has 5 aliphatic rings. The summed E-state index contributed by atoms with van der Waals surface area (Å²) in [5.74, 6) is 0. The zero-order valence-corrected chi connectivity index (χ0v) is 37.5. The molecule has 0 bridgehead atoms. The van der Waals surface area contributed by atoms with Crippen LogP contribution in [0.25, 0.3) is 77.5 Å². The Labute approximate surface area is 386 Å². The first-order chi connectivity index (χ1) is 32.2. The van der Waals surface area contributed by atoms with E-state index >= 15 is 0 Å². The first-order valence-electron chi connectivity index (χ1n) is 23.6. The molecule has 310 valence electrons. The summed E-state index contributed by atoms with van der Waals surface area (Å²) in [5.41, 5.74) is 29.6. The van der Waals surface area contributed by atoms with Gasteiger partial charge in [-0.1, -0.05) is 185 Å². The summed E-state index contributed by atoms with van der Waals surface area (Å²) >= 11 is 0. The molecule has 1 heteroatoms. The van der Waals surface area contributed by atoms with Crippen LogP contribution in [0.4, 0.5) is 17.1 Å². The van der Waals surface area contributed by atoms with Crippen molar-refractivity contribution in [2.75, 3.05) is 4.90 Å². The Morgan fingerprint density at radius 3 is 1.58 bits per heavy atom. The van der Waals surface area contributed by atoms with Crippen LogP contribution < -0.4 is 4.90 Å². The van der Waals surface area contributed by atoms with E-state index in [1.54, 1.807) is 0 Å². The number of benzene rings is 10. The van der Waals surface area contributed by atoms with Crippen molar-refractivity contribution in [2.24, 2.45) is 0 Å². The first-order valence-corrected chi connectivity index (χ1v) is 23.6. The smallest absolute Gasteiger partial charge is 0.0726 e. The van der Waals surface area contributed by atoms with Crippen molar-refractivity contribution in [3.63, 3.8) is 0 Å². The fraction of sp³-hybridized carbons (Fsp3) is 0.108. The van der Waals surface area contributed by atoms with Crippen LogP contribution in [0.1, 0.15) is 72.2 Å². The molecule has 0 amide bonds. The highest BCUT2D eigenvalue weighted by Crippen LogP contribution is 2.68. The number of fused-ring (bicyclic) bond motifs is 16. The predicted octanol–water partition coefficient (Wildman–Crippen LogP) is 16.9. The summed E-state index contributed by atoms with van der Waals surface area (Å²) in [7, 11) is 0. The lowest BCUT2D eigenvalue weighted by Crippen LogP contribution is -2.26. The van der Waals surface area contributed by atoms with E-state index in [2.05, 4.69) is 233 Å². The quantitative estimate of drug-likeness (QED) is 0.168. The molecule has 15 rings (SSSR count). The molecule has 1 heterocycles. The van der Waals surface area contributed by atoms with Crippen molar-refractivity contribution in [3.8, 4) is 66.8 Å². The van der Waals surface area contributed by atoms with Crippen LogP contribution in [-0.4, -0.2) is 0 Å². The van der Waals surface area contributed by atoms with E-state index in [9.17, 15) is 0 Å². The molecule has 0 N–H and O–H groups in total. The molecular formula is C65H45N. The molecule has 0 saturated heterocycles. The third-order valence-corrected chi connectivity index (χ3v) is 16.6. The average molecular weight is 840 g/mol. The van der Waals surface area contributed by atoms with Crippen LogP contribution in [0.15, 0.2) is 200 Å². The van der Waals surface area contributed by atoms with E-state index in [1.807, 2.05) is 0 Å². The minimum atomic E-state index is -0.445.